The highest BCUT2D eigenvalue weighted by atomic mass is 32.2. The molecular formula is C10H14N4OS. The van der Waals surface area contributed by atoms with E-state index in [-0.39, 0.29) is 5.84 Å². The quantitative estimate of drug-likeness (QED) is 0.344. The van der Waals surface area contributed by atoms with Crippen molar-refractivity contribution in [3.63, 3.8) is 0 Å². The summed E-state index contributed by atoms with van der Waals surface area (Å²) in [6.45, 7) is 1.95. The van der Waals surface area contributed by atoms with Crippen molar-refractivity contribution >= 4 is 23.3 Å². The van der Waals surface area contributed by atoms with Crippen LogP contribution in [0.25, 0.3) is 0 Å². The molecule has 1 aromatic rings. The van der Waals surface area contributed by atoms with Crippen LogP contribution in [0.1, 0.15) is 5.56 Å². The Morgan fingerprint density at radius 3 is 2.94 bits per heavy atom. The molecule has 1 aliphatic heterocycles. The number of oxime groups is 1. The Morgan fingerprint density at radius 1 is 1.50 bits per heavy atom. The maximum atomic E-state index is 8.73. The Kier molecular flexibility index (Phi) is 3.51. The topological polar surface area (TPSA) is 74.7 Å². The molecule has 0 unspecified atom stereocenters. The summed E-state index contributed by atoms with van der Waals surface area (Å²) in [6.07, 6.45) is 3.42. The zero-order chi connectivity index (χ0) is 11.4. The van der Waals surface area contributed by atoms with Crippen molar-refractivity contribution in [3.8, 4) is 0 Å². The van der Waals surface area contributed by atoms with Crippen LogP contribution in [0.2, 0.25) is 0 Å². The van der Waals surface area contributed by atoms with Gasteiger partial charge in [0.1, 0.15) is 0 Å². The molecule has 2 heterocycles. The number of pyridine rings is 1. The second kappa shape index (κ2) is 5.07. The summed E-state index contributed by atoms with van der Waals surface area (Å²) < 4.78 is 0. The Morgan fingerprint density at radius 2 is 2.25 bits per heavy atom. The summed E-state index contributed by atoms with van der Waals surface area (Å²) in [5.41, 5.74) is 7.32. The number of hydrogen-bond acceptors (Lipinski definition) is 5. The summed E-state index contributed by atoms with van der Waals surface area (Å²) in [5, 5.41) is 11.8. The van der Waals surface area contributed by atoms with Gasteiger partial charge in [-0.25, -0.2) is 0 Å². The summed E-state index contributed by atoms with van der Waals surface area (Å²) in [5.74, 6) is 2.34. The number of aromatic nitrogens is 1. The van der Waals surface area contributed by atoms with Crippen LogP contribution in [0.15, 0.2) is 23.6 Å². The van der Waals surface area contributed by atoms with Gasteiger partial charge < -0.3 is 15.8 Å². The van der Waals surface area contributed by atoms with Gasteiger partial charge in [0.2, 0.25) is 0 Å². The molecule has 6 heteroatoms. The van der Waals surface area contributed by atoms with Gasteiger partial charge in [-0.2, -0.15) is 11.8 Å². The van der Waals surface area contributed by atoms with E-state index < -0.39 is 0 Å². The first-order chi connectivity index (χ1) is 7.83. The molecule has 0 saturated carbocycles. The van der Waals surface area contributed by atoms with Gasteiger partial charge in [0.25, 0.3) is 0 Å². The third-order valence-electron chi connectivity index (χ3n) is 2.54. The van der Waals surface area contributed by atoms with Gasteiger partial charge >= 0.3 is 0 Å². The molecule has 5 nitrogen and oxygen atoms in total. The third-order valence-corrected chi connectivity index (χ3v) is 3.48. The molecule has 86 valence electrons. The minimum Gasteiger partial charge on any atom is -0.409 e. The number of rotatable bonds is 2. The Bertz CT molecular complexity index is 390. The standard InChI is InChI=1S/C10H14N4OS/c11-10(13-15)8-1-2-12-7-9(8)14-3-5-16-6-4-14/h1-2,7,15H,3-6H2,(H2,11,13). The lowest BCUT2D eigenvalue weighted by Gasteiger charge is -2.29. The molecule has 1 saturated heterocycles. The van der Waals surface area contributed by atoms with Crippen molar-refractivity contribution in [2.75, 3.05) is 29.5 Å². The van der Waals surface area contributed by atoms with E-state index in [1.807, 2.05) is 11.8 Å². The lowest BCUT2D eigenvalue weighted by Crippen LogP contribution is -2.34. The van der Waals surface area contributed by atoms with E-state index in [0.29, 0.717) is 0 Å². The number of thioether (sulfide) groups is 1. The van der Waals surface area contributed by atoms with Gasteiger partial charge in [-0.05, 0) is 6.07 Å². The number of hydrogen-bond donors (Lipinski definition) is 2. The monoisotopic (exact) mass is 238 g/mol. The van der Waals surface area contributed by atoms with Gasteiger partial charge in [0, 0.05) is 36.4 Å². The molecule has 0 atom stereocenters. The fourth-order valence-electron chi connectivity index (χ4n) is 1.71. The first-order valence-corrected chi connectivity index (χ1v) is 6.23. The average Bonchev–Trinajstić information content (AvgIpc) is 2.39. The first-order valence-electron chi connectivity index (χ1n) is 5.07. The van der Waals surface area contributed by atoms with Gasteiger partial charge in [-0.1, -0.05) is 5.16 Å². The maximum absolute atomic E-state index is 8.73. The summed E-state index contributed by atoms with van der Waals surface area (Å²) in [7, 11) is 0. The van der Waals surface area contributed by atoms with E-state index >= 15 is 0 Å². The van der Waals surface area contributed by atoms with Crippen LogP contribution in [0, 0.1) is 0 Å². The van der Waals surface area contributed by atoms with E-state index in [1.165, 1.54) is 0 Å². The lowest BCUT2D eigenvalue weighted by atomic mass is 10.2. The van der Waals surface area contributed by atoms with Crippen LogP contribution in [-0.4, -0.2) is 40.6 Å². The molecule has 0 aliphatic carbocycles. The van der Waals surface area contributed by atoms with E-state index in [4.69, 9.17) is 10.9 Å². The largest absolute Gasteiger partial charge is 0.409 e. The van der Waals surface area contributed by atoms with Crippen molar-refractivity contribution in [2.45, 2.75) is 0 Å². The summed E-state index contributed by atoms with van der Waals surface area (Å²) >= 11 is 1.94. The fraction of sp³-hybridized carbons (Fsp3) is 0.400. The normalized spacial score (nSPS) is 17.5. The van der Waals surface area contributed by atoms with E-state index in [0.717, 1.165) is 35.8 Å². The van der Waals surface area contributed by atoms with Gasteiger partial charge in [0.15, 0.2) is 5.84 Å². The third kappa shape index (κ3) is 2.21. The highest BCUT2D eigenvalue weighted by Gasteiger charge is 2.16. The fourth-order valence-corrected chi connectivity index (χ4v) is 2.62. The molecule has 0 aromatic carbocycles. The lowest BCUT2D eigenvalue weighted by molar-refractivity contribution is 0.318. The minimum atomic E-state index is 0.135. The van der Waals surface area contributed by atoms with Crippen LogP contribution in [-0.2, 0) is 0 Å². The predicted molar refractivity (Wildman–Crippen MR) is 66.3 cm³/mol. The molecule has 0 amide bonds. The highest BCUT2D eigenvalue weighted by Crippen LogP contribution is 2.22. The molecule has 0 radical (unpaired) electrons. The van der Waals surface area contributed by atoms with E-state index in [2.05, 4.69) is 15.0 Å². The number of anilines is 1. The second-order valence-corrected chi connectivity index (χ2v) is 4.70. The van der Waals surface area contributed by atoms with Crippen LogP contribution in [0.4, 0.5) is 5.69 Å². The van der Waals surface area contributed by atoms with Crippen molar-refractivity contribution in [1.29, 1.82) is 0 Å². The average molecular weight is 238 g/mol. The van der Waals surface area contributed by atoms with Crippen molar-refractivity contribution in [3.05, 3.63) is 24.0 Å². The Balaban J connectivity index is 2.31. The van der Waals surface area contributed by atoms with Crippen molar-refractivity contribution in [1.82, 2.24) is 4.98 Å². The van der Waals surface area contributed by atoms with E-state index in [9.17, 15) is 0 Å². The molecule has 2 rings (SSSR count). The first kappa shape index (κ1) is 11.1. The maximum Gasteiger partial charge on any atom is 0.172 e. The SMILES string of the molecule is N/C(=N/O)c1ccncc1N1CCSCC1. The molecule has 1 fully saturated rings. The zero-order valence-corrected chi connectivity index (χ0v) is 9.65. The van der Waals surface area contributed by atoms with Crippen LogP contribution < -0.4 is 10.6 Å². The van der Waals surface area contributed by atoms with Crippen LogP contribution in [0.3, 0.4) is 0 Å². The number of amidine groups is 1. The molecule has 1 aromatic heterocycles. The predicted octanol–water partition coefficient (Wildman–Crippen LogP) is 0.729. The molecule has 0 spiro atoms. The van der Waals surface area contributed by atoms with Crippen molar-refractivity contribution < 1.29 is 5.21 Å². The smallest absolute Gasteiger partial charge is 0.172 e. The summed E-state index contributed by atoms with van der Waals surface area (Å²) in [6, 6.07) is 1.77. The summed E-state index contributed by atoms with van der Waals surface area (Å²) in [4.78, 5) is 6.32. The molecule has 3 N–H and O–H groups in total. The van der Waals surface area contributed by atoms with Gasteiger partial charge in [0.05, 0.1) is 11.9 Å². The second-order valence-electron chi connectivity index (χ2n) is 3.48. The number of nitrogens with two attached hydrogens (primary N) is 1. The highest BCUT2D eigenvalue weighted by molar-refractivity contribution is 7.99. The Hall–Kier alpha value is -1.43. The molecule has 16 heavy (non-hydrogen) atoms. The van der Waals surface area contributed by atoms with Gasteiger partial charge in [-0.15, -0.1) is 0 Å². The van der Waals surface area contributed by atoms with Crippen LogP contribution >= 0.6 is 11.8 Å². The Labute approximate surface area is 98.3 Å². The molecule has 1 aliphatic rings. The number of nitrogens with zero attached hydrogens (tertiary/aromatic N) is 3. The van der Waals surface area contributed by atoms with Crippen molar-refractivity contribution in [2.24, 2.45) is 10.9 Å². The molecule has 0 bridgehead atoms. The minimum absolute atomic E-state index is 0.135. The van der Waals surface area contributed by atoms with Gasteiger partial charge in [-0.3, -0.25) is 4.98 Å². The zero-order valence-electron chi connectivity index (χ0n) is 8.83. The van der Waals surface area contributed by atoms with Crippen LogP contribution in [0.5, 0.6) is 0 Å². The molecular weight excluding hydrogens is 224 g/mol. The van der Waals surface area contributed by atoms with E-state index in [1.54, 1.807) is 18.5 Å².